The fourth-order valence-corrected chi connectivity index (χ4v) is 4.20. The van der Waals surface area contributed by atoms with Crippen LogP contribution in [0.25, 0.3) is 22.6 Å². The summed E-state index contributed by atoms with van der Waals surface area (Å²) in [6, 6.07) is 16.0. The Bertz CT molecular complexity index is 1250. The van der Waals surface area contributed by atoms with Gasteiger partial charge in [0.05, 0.1) is 30.9 Å². The first-order chi connectivity index (χ1) is 16.0. The quantitative estimate of drug-likeness (QED) is 0.281. The Balaban J connectivity index is 0.00000171. The highest BCUT2D eigenvalue weighted by Gasteiger charge is 2.15. The summed E-state index contributed by atoms with van der Waals surface area (Å²) in [6.07, 6.45) is 0.593. The van der Waals surface area contributed by atoms with Crippen molar-refractivity contribution in [2.75, 3.05) is 37.8 Å². The molecule has 0 bridgehead atoms. The maximum atomic E-state index is 6.25. The van der Waals surface area contributed by atoms with Crippen molar-refractivity contribution >= 4 is 53.1 Å². The Morgan fingerprint density at radius 1 is 1.06 bits per heavy atom. The Morgan fingerprint density at radius 3 is 2.63 bits per heavy atom. The molecule has 2 aromatic carbocycles. The third-order valence-electron chi connectivity index (χ3n) is 5.70. The number of H-pyrrole nitrogens is 1. The highest BCUT2D eigenvalue weighted by atomic mass is 35.5. The lowest BCUT2D eigenvalue weighted by Crippen LogP contribution is -2.36. The van der Waals surface area contributed by atoms with Gasteiger partial charge in [-0.05, 0) is 54.4 Å². The second kappa shape index (κ2) is 12.0. The minimum atomic E-state index is 0. The monoisotopic (exact) mass is 537 g/mol. The third kappa shape index (κ3) is 6.44. The molecule has 3 heterocycles. The van der Waals surface area contributed by atoms with E-state index in [0.29, 0.717) is 29.7 Å². The number of nitrogens with one attached hydrogen (secondary N) is 1. The molecule has 1 fully saturated rings. The molecule has 9 heteroatoms. The van der Waals surface area contributed by atoms with Crippen LogP contribution in [-0.2, 0) is 11.2 Å². The van der Waals surface area contributed by atoms with Crippen LogP contribution in [0.2, 0.25) is 5.02 Å². The van der Waals surface area contributed by atoms with Crippen LogP contribution in [0.5, 0.6) is 5.75 Å². The van der Waals surface area contributed by atoms with E-state index in [1.165, 1.54) is 5.69 Å². The number of aromatic nitrogens is 2. The van der Waals surface area contributed by atoms with Gasteiger partial charge in [0.1, 0.15) is 11.5 Å². The number of benzene rings is 2. The number of ether oxygens (including phenoxy) is 2. The zero-order chi connectivity index (χ0) is 22.8. The van der Waals surface area contributed by atoms with E-state index in [2.05, 4.69) is 41.9 Å². The Kier molecular flexibility index (Phi) is 9.36. The van der Waals surface area contributed by atoms with Crippen molar-refractivity contribution in [3.63, 3.8) is 0 Å². The number of fused-ring (bicyclic) bond motifs is 1. The fraction of sp³-hybridized carbons (Fsp3) is 0.346. The largest absolute Gasteiger partial charge is 0.493 e. The van der Waals surface area contributed by atoms with Gasteiger partial charge in [0.25, 0.3) is 0 Å². The third-order valence-corrected chi connectivity index (χ3v) is 5.93. The van der Waals surface area contributed by atoms with Crippen molar-refractivity contribution in [3.8, 4) is 17.3 Å². The lowest BCUT2D eigenvalue weighted by Gasteiger charge is -2.28. The fourth-order valence-electron chi connectivity index (χ4n) is 4.00. The van der Waals surface area contributed by atoms with Gasteiger partial charge in [0.2, 0.25) is 0 Å². The van der Waals surface area contributed by atoms with Crippen LogP contribution < -0.4 is 9.64 Å². The van der Waals surface area contributed by atoms with Gasteiger partial charge in [-0.3, -0.25) is 0 Å². The number of morpholine rings is 1. The molecule has 0 saturated carbocycles. The molecule has 5 rings (SSSR count). The summed E-state index contributed by atoms with van der Waals surface area (Å²) < 4.78 is 17.6. The standard InChI is InChI=1S/C26H28ClN3O3.2ClH/c1-17(2)16-32-24-7-3-19(27)13-18(24)14-21-5-8-25(33-21)26-28-22-6-4-20(15-23(22)29-26)30-9-11-31-12-10-30;;/h3-8,13,15,17H,9-12,14,16H2,1-2H3,(H,28,29);2*1H. The van der Waals surface area contributed by atoms with Crippen LogP contribution in [0.1, 0.15) is 25.2 Å². The first kappa shape index (κ1) is 27.2. The summed E-state index contributed by atoms with van der Waals surface area (Å²) in [6.45, 7) is 8.24. The van der Waals surface area contributed by atoms with Gasteiger partial charge in [0.15, 0.2) is 11.6 Å². The second-order valence-electron chi connectivity index (χ2n) is 8.79. The molecule has 188 valence electrons. The molecule has 0 aliphatic carbocycles. The first-order valence-corrected chi connectivity index (χ1v) is 11.8. The Hall–Kier alpha value is -2.38. The molecule has 0 spiro atoms. The number of imidazole rings is 1. The van der Waals surface area contributed by atoms with E-state index in [1.807, 2.05) is 30.3 Å². The topological polar surface area (TPSA) is 63.5 Å². The zero-order valence-corrected chi connectivity index (χ0v) is 22.1. The molecule has 2 aromatic heterocycles. The number of halogens is 3. The van der Waals surface area contributed by atoms with Crippen molar-refractivity contribution in [3.05, 3.63) is 64.9 Å². The number of hydrogen-bond donors (Lipinski definition) is 1. The lowest BCUT2D eigenvalue weighted by molar-refractivity contribution is 0.122. The molecular weight excluding hydrogens is 509 g/mol. The van der Waals surface area contributed by atoms with Crippen molar-refractivity contribution in [2.24, 2.45) is 5.92 Å². The van der Waals surface area contributed by atoms with Gasteiger partial charge in [0, 0.05) is 35.8 Å². The predicted octanol–water partition coefficient (Wildman–Crippen LogP) is 6.78. The summed E-state index contributed by atoms with van der Waals surface area (Å²) in [4.78, 5) is 10.5. The summed E-state index contributed by atoms with van der Waals surface area (Å²) >= 11 is 6.25. The number of aromatic amines is 1. The van der Waals surface area contributed by atoms with Crippen LogP contribution in [0.3, 0.4) is 0 Å². The summed E-state index contributed by atoms with van der Waals surface area (Å²) in [7, 11) is 0. The first-order valence-electron chi connectivity index (χ1n) is 11.4. The van der Waals surface area contributed by atoms with E-state index in [1.54, 1.807) is 0 Å². The molecule has 6 nitrogen and oxygen atoms in total. The van der Waals surface area contributed by atoms with Crippen LogP contribution >= 0.6 is 36.4 Å². The molecule has 1 N–H and O–H groups in total. The number of hydrogen-bond acceptors (Lipinski definition) is 5. The van der Waals surface area contributed by atoms with Gasteiger partial charge in [-0.25, -0.2) is 4.98 Å². The number of nitrogens with zero attached hydrogens (tertiary/aromatic N) is 2. The van der Waals surface area contributed by atoms with Crippen LogP contribution in [0.15, 0.2) is 52.9 Å². The zero-order valence-electron chi connectivity index (χ0n) is 19.8. The highest BCUT2D eigenvalue weighted by molar-refractivity contribution is 6.30. The summed E-state index contributed by atoms with van der Waals surface area (Å²) in [5.74, 6) is 3.54. The molecule has 0 unspecified atom stereocenters. The molecule has 1 aliphatic heterocycles. The lowest BCUT2D eigenvalue weighted by atomic mass is 10.1. The average molecular weight is 539 g/mol. The van der Waals surface area contributed by atoms with Gasteiger partial charge < -0.3 is 23.8 Å². The minimum Gasteiger partial charge on any atom is -0.493 e. The van der Waals surface area contributed by atoms with Crippen LogP contribution in [-0.4, -0.2) is 42.9 Å². The second-order valence-corrected chi connectivity index (χ2v) is 9.22. The molecule has 35 heavy (non-hydrogen) atoms. The molecule has 4 aromatic rings. The van der Waals surface area contributed by atoms with E-state index >= 15 is 0 Å². The van der Waals surface area contributed by atoms with Gasteiger partial charge in [-0.1, -0.05) is 25.4 Å². The van der Waals surface area contributed by atoms with E-state index in [-0.39, 0.29) is 24.8 Å². The SMILES string of the molecule is CC(C)COc1ccc(Cl)cc1Cc1ccc(-c2nc3cc(N4CCOCC4)ccc3[nH]2)o1.Cl.Cl. The van der Waals surface area contributed by atoms with Crippen molar-refractivity contribution in [1.29, 1.82) is 0 Å². The molecular formula is C26H30Cl3N3O3. The van der Waals surface area contributed by atoms with Crippen LogP contribution in [0.4, 0.5) is 5.69 Å². The molecule has 1 aliphatic rings. The number of rotatable bonds is 7. The smallest absolute Gasteiger partial charge is 0.174 e. The van der Waals surface area contributed by atoms with E-state index < -0.39 is 0 Å². The van der Waals surface area contributed by atoms with Gasteiger partial charge in [-0.2, -0.15) is 0 Å². The molecule has 0 atom stereocenters. The van der Waals surface area contributed by atoms with Crippen LogP contribution in [0, 0.1) is 5.92 Å². The predicted molar refractivity (Wildman–Crippen MR) is 146 cm³/mol. The average Bonchev–Trinajstić information content (AvgIpc) is 3.45. The van der Waals surface area contributed by atoms with Crippen molar-refractivity contribution < 1.29 is 13.9 Å². The van der Waals surface area contributed by atoms with E-state index in [4.69, 9.17) is 30.5 Å². The van der Waals surface area contributed by atoms with Gasteiger partial charge >= 0.3 is 0 Å². The maximum Gasteiger partial charge on any atom is 0.174 e. The Labute approximate surface area is 222 Å². The summed E-state index contributed by atoms with van der Waals surface area (Å²) in [5.41, 5.74) is 4.08. The molecule has 1 saturated heterocycles. The maximum absolute atomic E-state index is 6.25. The minimum absolute atomic E-state index is 0. The van der Waals surface area contributed by atoms with Crippen molar-refractivity contribution in [1.82, 2.24) is 9.97 Å². The van der Waals surface area contributed by atoms with Gasteiger partial charge in [-0.15, -0.1) is 24.8 Å². The number of anilines is 1. The highest BCUT2D eigenvalue weighted by Crippen LogP contribution is 2.30. The molecule has 0 amide bonds. The summed E-state index contributed by atoms with van der Waals surface area (Å²) in [5, 5.41) is 0.682. The number of furan rings is 1. The van der Waals surface area contributed by atoms with E-state index in [9.17, 15) is 0 Å². The molecule has 0 radical (unpaired) electrons. The Morgan fingerprint density at radius 2 is 1.86 bits per heavy atom. The van der Waals surface area contributed by atoms with E-state index in [0.717, 1.165) is 60.2 Å². The normalized spacial score (nSPS) is 13.5. The van der Waals surface area contributed by atoms with Crippen molar-refractivity contribution in [2.45, 2.75) is 20.3 Å².